The van der Waals surface area contributed by atoms with Crippen molar-refractivity contribution in [2.75, 3.05) is 13.7 Å². The van der Waals surface area contributed by atoms with Crippen molar-refractivity contribution < 1.29 is 9.15 Å². The molecule has 0 fully saturated rings. The standard InChI is InChI=1S/C8H11N3O2/c1-12-6-7-3-5-13-8(7)2-4-10-11-9/h3,5H,2,4,6H2,1H3. The van der Waals surface area contributed by atoms with Crippen molar-refractivity contribution in [1.29, 1.82) is 0 Å². The predicted molar refractivity (Wildman–Crippen MR) is 47.1 cm³/mol. The van der Waals surface area contributed by atoms with Crippen LogP contribution < -0.4 is 0 Å². The van der Waals surface area contributed by atoms with E-state index in [0.29, 0.717) is 19.6 Å². The van der Waals surface area contributed by atoms with Crippen molar-refractivity contribution >= 4 is 0 Å². The molecule has 70 valence electrons. The molecule has 0 aliphatic carbocycles. The highest BCUT2D eigenvalue weighted by atomic mass is 16.5. The summed E-state index contributed by atoms with van der Waals surface area (Å²) in [5.41, 5.74) is 9.08. The first-order chi connectivity index (χ1) is 6.38. The number of ether oxygens (including phenoxy) is 1. The molecule has 0 bridgehead atoms. The molecule has 13 heavy (non-hydrogen) atoms. The summed E-state index contributed by atoms with van der Waals surface area (Å²) in [6.45, 7) is 0.947. The van der Waals surface area contributed by atoms with Crippen molar-refractivity contribution in [3.8, 4) is 0 Å². The molecule has 0 unspecified atom stereocenters. The van der Waals surface area contributed by atoms with Crippen LogP contribution in [0.3, 0.4) is 0 Å². The Bertz CT molecular complexity index is 302. The Hall–Kier alpha value is -1.45. The molecule has 5 heteroatoms. The van der Waals surface area contributed by atoms with E-state index in [1.807, 2.05) is 6.07 Å². The third kappa shape index (κ3) is 2.82. The number of nitrogens with zero attached hydrogens (tertiary/aromatic N) is 3. The van der Waals surface area contributed by atoms with Crippen molar-refractivity contribution in [2.45, 2.75) is 13.0 Å². The summed E-state index contributed by atoms with van der Waals surface area (Å²) in [5.74, 6) is 0.828. The Kier molecular flexibility index (Phi) is 3.88. The van der Waals surface area contributed by atoms with Gasteiger partial charge in [-0.25, -0.2) is 0 Å². The van der Waals surface area contributed by atoms with Crippen LogP contribution in [0.5, 0.6) is 0 Å². The molecule has 5 nitrogen and oxygen atoms in total. The molecule has 0 atom stereocenters. The molecule has 1 heterocycles. The summed E-state index contributed by atoms with van der Waals surface area (Å²) in [5, 5.41) is 3.43. The van der Waals surface area contributed by atoms with E-state index in [9.17, 15) is 0 Å². The fourth-order valence-electron chi connectivity index (χ4n) is 1.07. The molecule has 1 aromatic rings. The Morgan fingerprint density at radius 2 is 2.54 bits per heavy atom. The van der Waals surface area contributed by atoms with Crippen LogP contribution in [0.2, 0.25) is 0 Å². The first kappa shape index (κ1) is 9.64. The molecule has 1 aromatic heterocycles. The fourth-order valence-corrected chi connectivity index (χ4v) is 1.07. The Labute approximate surface area is 75.9 Å². The van der Waals surface area contributed by atoms with E-state index in [0.717, 1.165) is 11.3 Å². The summed E-state index contributed by atoms with van der Waals surface area (Å²) in [7, 11) is 1.63. The van der Waals surface area contributed by atoms with Gasteiger partial charge in [0.15, 0.2) is 0 Å². The lowest BCUT2D eigenvalue weighted by Crippen LogP contribution is -1.93. The molecular weight excluding hydrogens is 170 g/mol. The molecule has 1 rings (SSSR count). The monoisotopic (exact) mass is 181 g/mol. The number of hydrogen-bond acceptors (Lipinski definition) is 3. The first-order valence-electron chi connectivity index (χ1n) is 3.93. The van der Waals surface area contributed by atoms with Gasteiger partial charge in [0.25, 0.3) is 0 Å². The second-order valence-electron chi connectivity index (χ2n) is 2.51. The molecule has 0 saturated carbocycles. The molecule has 0 aliphatic rings. The fraction of sp³-hybridized carbons (Fsp3) is 0.500. The second-order valence-corrected chi connectivity index (χ2v) is 2.51. The predicted octanol–water partition coefficient (Wildman–Crippen LogP) is 2.28. The average Bonchev–Trinajstić information content (AvgIpc) is 2.54. The minimum atomic E-state index is 0.417. The number of azide groups is 1. The minimum absolute atomic E-state index is 0.417. The highest BCUT2D eigenvalue weighted by Gasteiger charge is 2.04. The van der Waals surface area contributed by atoms with Gasteiger partial charge < -0.3 is 9.15 Å². The highest BCUT2D eigenvalue weighted by molar-refractivity contribution is 5.16. The van der Waals surface area contributed by atoms with E-state index in [4.69, 9.17) is 14.7 Å². The Morgan fingerprint density at radius 1 is 1.69 bits per heavy atom. The molecule has 0 aromatic carbocycles. The van der Waals surface area contributed by atoms with Crippen LogP contribution >= 0.6 is 0 Å². The van der Waals surface area contributed by atoms with Crippen molar-refractivity contribution in [1.82, 2.24) is 0 Å². The van der Waals surface area contributed by atoms with E-state index in [-0.39, 0.29) is 0 Å². The topological polar surface area (TPSA) is 71.1 Å². The zero-order valence-electron chi connectivity index (χ0n) is 7.43. The number of methoxy groups -OCH3 is 1. The molecule has 0 N–H and O–H groups in total. The highest BCUT2D eigenvalue weighted by Crippen LogP contribution is 2.12. The molecule has 0 aliphatic heterocycles. The lowest BCUT2D eigenvalue weighted by atomic mass is 10.2. The van der Waals surface area contributed by atoms with Gasteiger partial charge in [0.2, 0.25) is 0 Å². The van der Waals surface area contributed by atoms with Crippen LogP contribution in [0.15, 0.2) is 21.9 Å². The van der Waals surface area contributed by atoms with Crippen molar-refractivity contribution in [2.24, 2.45) is 5.11 Å². The lowest BCUT2D eigenvalue weighted by molar-refractivity contribution is 0.183. The SMILES string of the molecule is COCc1ccoc1CCN=[N+]=[N-]. The maximum Gasteiger partial charge on any atom is 0.109 e. The smallest absolute Gasteiger partial charge is 0.109 e. The van der Waals surface area contributed by atoms with Gasteiger partial charge in [0, 0.05) is 30.6 Å². The van der Waals surface area contributed by atoms with E-state index in [1.165, 1.54) is 0 Å². The Balaban J connectivity index is 2.54. The van der Waals surface area contributed by atoms with Gasteiger partial charge in [-0.3, -0.25) is 0 Å². The maximum absolute atomic E-state index is 8.07. The van der Waals surface area contributed by atoms with Crippen molar-refractivity contribution in [3.05, 3.63) is 34.1 Å². The van der Waals surface area contributed by atoms with Crippen LogP contribution in [-0.2, 0) is 17.8 Å². The first-order valence-corrected chi connectivity index (χ1v) is 3.93. The van der Waals surface area contributed by atoms with Crippen LogP contribution in [-0.4, -0.2) is 13.7 Å². The van der Waals surface area contributed by atoms with E-state index >= 15 is 0 Å². The van der Waals surface area contributed by atoms with E-state index in [2.05, 4.69) is 10.0 Å². The van der Waals surface area contributed by atoms with Gasteiger partial charge in [0.05, 0.1) is 12.9 Å². The van der Waals surface area contributed by atoms with Gasteiger partial charge in [0.1, 0.15) is 5.76 Å². The van der Waals surface area contributed by atoms with Crippen molar-refractivity contribution in [3.63, 3.8) is 0 Å². The van der Waals surface area contributed by atoms with E-state index < -0.39 is 0 Å². The Morgan fingerprint density at radius 3 is 3.23 bits per heavy atom. The second kappa shape index (κ2) is 5.24. The third-order valence-corrected chi connectivity index (χ3v) is 1.64. The van der Waals surface area contributed by atoms with Gasteiger partial charge in [-0.2, -0.15) is 0 Å². The molecule has 0 saturated heterocycles. The lowest BCUT2D eigenvalue weighted by Gasteiger charge is -1.98. The zero-order valence-corrected chi connectivity index (χ0v) is 7.43. The quantitative estimate of drug-likeness (QED) is 0.397. The number of furan rings is 1. The number of hydrogen-bond donors (Lipinski definition) is 0. The minimum Gasteiger partial charge on any atom is -0.469 e. The zero-order chi connectivity index (χ0) is 9.52. The van der Waals surface area contributed by atoms with E-state index in [1.54, 1.807) is 13.4 Å². The summed E-state index contributed by atoms with van der Waals surface area (Å²) in [4.78, 5) is 2.66. The summed E-state index contributed by atoms with van der Waals surface area (Å²) < 4.78 is 10.2. The summed E-state index contributed by atoms with van der Waals surface area (Å²) in [6, 6.07) is 1.86. The van der Waals surface area contributed by atoms with Gasteiger partial charge >= 0.3 is 0 Å². The molecular formula is C8H11N3O2. The normalized spacial score (nSPS) is 9.62. The van der Waals surface area contributed by atoms with Gasteiger partial charge in [-0.05, 0) is 11.6 Å². The third-order valence-electron chi connectivity index (χ3n) is 1.64. The molecule has 0 radical (unpaired) electrons. The van der Waals surface area contributed by atoms with Gasteiger partial charge in [-0.15, -0.1) is 0 Å². The van der Waals surface area contributed by atoms with Crippen LogP contribution in [0.25, 0.3) is 10.4 Å². The van der Waals surface area contributed by atoms with Crippen LogP contribution in [0.4, 0.5) is 0 Å². The number of rotatable bonds is 5. The maximum atomic E-state index is 8.07. The van der Waals surface area contributed by atoms with Crippen LogP contribution in [0, 0.1) is 0 Å². The molecule has 0 amide bonds. The molecule has 0 spiro atoms. The summed E-state index contributed by atoms with van der Waals surface area (Å²) in [6.07, 6.45) is 2.23. The van der Waals surface area contributed by atoms with Gasteiger partial charge in [-0.1, -0.05) is 5.11 Å². The van der Waals surface area contributed by atoms with Crippen LogP contribution in [0.1, 0.15) is 11.3 Å². The largest absolute Gasteiger partial charge is 0.469 e. The average molecular weight is 181 g/mol. The summed E-state index contributed by atoms with van der Waals surface area (Å²) >= 11 is 0.